The molecule has 1 aliphatic heterocycles. The average molecular weight is 354 g/mol. The van der Waals surface area contributed by atoms with Gasteiger partial charge in [0.2, 0.25) is 0 Å². The van der Waals surface area contributed by atoms with Gasteiger partial charge in [0.05, 0.1) is 5.69 Å². The van der Waals surface area contributed by atoms with Crippen LogP contribution in [0.4, 0.5) is 5.69 Å². The van der Waals surface area contributed by atoms with Gasteiger partial charge in [0.25, 0.3) is 0 Å². The van der Waals surface area contributed by atoms with Crippen molar-refractivity contribution in [3.63, 3.8) is 0 Å². The molecular weight excluding hydrogens is 326 g/mol. The standard InChI is InChI=1S/C17H28BrN3/c1-6-19-14(4)15-7-8-17(16(18)9-15)21-10-12(2)20(5)13(3)11-21/h7-9,12-14,19H,6,10-11H2,1-5H3. The summed E-state index contributed by atoms with van der Waals surface area (Å²) in [6, 6.07) is 8.34. The molecule has 1 saturated heterocycles. The lowest BCUT2D eigenvalue weighted by Crippen LogP contribution is -2.55. The van der Waals surface area contributed by atoms with Gasteiger partial charge in [0.1, 0.15) is 0 Å². The van der Waals surface area contributed by atoms with Crippen LogP contribution >= 0.6 is 15.9 Å². The van der Waals surface area contributed by atoms with Crippen molar-refractivity contribution in [3.05, 3.63) is 28.2 Å². The highest BCUT2D eigenvalue weighted by molar-refractivity contribution is 9.10. The molecule has 1 aromatic carbocycles. The van der Waals surface area contributed by atoms with Crippen LogP contribution in [0.5, 0.6) is 0 Å². The molecule has 0 radical (unpaired) electrons. The molecule has 0 saturated carbocycles. The maximum absolute atomic E-state index is 3.77. The molecule has 118 valence electrons. The summed E-state index contributed by atoms with van der Waals surface area (Å²) >= 11 is 3.77. The third-order valence-electron chi connectivity index (χ3n) is 4.68. The minimum atomic E-state index is 0.394. The van der Waals surface area contributed by atoms with E-state index in [2.05, 4.69) is 84.0 Å². The van der Waals surface area contributed by atoms with Gasteiger partial charge >= 0.3 is 0 Å². The molecule has 3 unspecified atom stereocenters. The quantitative estimate of drug-likeness (QED) is 0.891. The fourth-order valence-corrected chi connectivity index (χ4v) is 3.72. The predicted octanol–water partition coefficient (Wildman–Crippen LogP) is 3.65. The predicted molar refractivity (Wildman–Crippen MR) is 95.1 cm³/mol. The summed E-state index contributed by atoms with van der Waals surface area (Å²) in [7, 11) is 2.23. The zero-order valence-corrected chi connectivity index (χ0v) is 15.4. The molecule has 3 nitrogen and oxygen atoms in total. The second kappa shape index (κ2) is 7.12. The van der Waals surface area contributed by atoms with Gasteiger partial charge in [-0.2, -0.15) is 0 Å². The smallest absolute Gasteiger partial charge is 0.0511 e. The Morgan fingerprint density at radius 3 is 2.43 bits per heavy atom. The Kier molecular flexibility index (Phi) is 5.69. The van der Waals surface area contributed by atoms with Gasteiger partial charge in [0, 0.05) is 35.7 Å². The Morgan fingerprint density at radius 2 is 1.90 bits per heavy atom. The van der Waals surface area contributed by atoms with Crippen molar-refractivity contribution in [1.29, 1.82) is 0 Å². The van der Waals surface area contributed by atoms with Crippen molar-refractivity contribution in [1.82, 2.24) is 10.2 Å². The Hall–Kier alpha value is -0.580. The van der Waals surface area contributed by atoms with Crippen LogP contribution in [0.1, 0.15) is 39.3 Å². The molecule has 1 aliphatic rings. The van der Waals surface area contributed by atoms with Crippen LogP contribution in [0, 0.1) is 0 Å². The molecule has 0 aromatic heterocycles. The Bertz CT molecular complexity index is 465. The maximum atomic E-state index is 3.77. The van der Waals surface area contributed by atoms with E-state index in [1.807, 2.05) is 0 Å². The minimum Gasteiger partial charge on any atom is -0.368 e. The Balaban J connectivity index is 2.17. The van der Waals surface area contributed by atoms with Crippen LogP contribution in [-0.2, 0) is 0 Å². The lowest BCUT2D eigenvalue weighted by Gasteiger charge is -2.43. The highest BCUT2D eigenvalue weighted by Crippen LogP contribution is 2.31. The molecule has 2 rings (SSSR count). The van der Waals surface area contributed by atoms with E-state index in [0.717, 1.165) is 19.6 Å². The van der Waals surface area contributed by atoms with Gasteiger partial charge in [-0.05, 0) is 68.0 Å². The van der Waals surface area contributed by atoms with Crippen molar-refractivity contribution in [2.75, 3.05) is 31.6 Å². The maximum Gasteiger partial charge on any atom is 0.0511 e. The number of likely N-dealkylation sites (N-methyl/N-ethyl adjacent to an activating group) is 1. The number of hydrogen-bond donors (Lipinski definition) is 1. The first-order valence-electron chi connectivity index (χ1n) is 7.93. The van der Waals surface area contributed by atoms with Crippen LogP contribution in [0.2, 0.25) is 0 Å². The molecule has 1 N–H and O–H groups in total. The lowest BCUT2D eigenvalue weighted by molar-refractivity contribution is 0.170. The summed E-state index contributed by atoms with van der Waals surface area (Å²) in [4.78, 5) is 4.97. The number of halogens is 1. The summed E-state index contributed by atoms with van der Waals surface area (Å²) in [5, 5.41) is 3.47. The zero-order valence-electron chi connectivity index (χ0n) is 13.9. The van der Waals surface area contributed by atoms with Gasteiger partial charge in [-0.3, -0.25) is 4.90 Å². The normalized spacial score (nSPS) is 25.1. The molecule has 1 fully saturated rings. The van der Waals surface area contributed by atoms with E-state index in [4.69, 9.17) is 0 Å². The molecule has 0 spiro atoms. The van der Waals surface area contributed by atoms with E-state index in [0.29, 0.717) is 18.1 Å². The van der Waals surface area contributed by atoms with E-state index in [-0.39, 0.29) is 0 Å². The van der Waals surface area contributed by atoms with E-state index < -0.39 is 0 Å². The van der Waals surface area contributed by atoms with E-state index in [1.165, 1.54) is 15.7 Å². The van der Waals surface area contributed by atoms with Gasteiger partial charge in [-0.25, -0.2) is 0 Å². The first-order valence-corrected chi connectivity index (χ1v) is 8.73. The highest BCUT2D eigenvalue weighted by atomic mass is 79.9. The van der Waals surface area contributed by atoms with Gasteiger partial charge < -0.3 is 10.2 Å². The number of benzene rings is 1. The third kappa shape index (κ3) is 3.79. The Morgan fingerprint density at radius 1 is 1.29 bits per heavy atom. The molecule has 3 atom stereocenters. The molecule has 4 heteroatoms. The first kappa shape index (κ1) is 16.8. The minimum absolute atomic E-state index is 0.394. The summed E-state index contributed by atoms with van der Waals surface area (Å²) in [5.41, 5.74) is 2.65. The summed E-state index contributed by atoms with van der Waals surface area (Å²) in [6.45, 7) is 12.1. The number of nitrogens with one attached hydrogen (secondary N) is 1. The SMILES string of the molecule is CCNC(C)c1ccc(N2CC(C)N(C)C(C)C2)c(Br)c1. The summed E-state index contributed by atoms with van der Waals surface area (Å²) in [5.74, 6) is 0. The number of nitrogens with zero attached hydrogens (tertiary/aromatic N) is 2. The van der Waals surface area contributed by atoms with E-state index in [9.17, 15) is 0 Å². The van der Waals surface area contributed by atoms with Gasteiger partial charge in [-0.15, -0.1) is 0 Å². The fourth-order valence-electron chi connectivity index (χ4n) is 3.07. The first-order chi connectivity index (χ1) is 9.93. The van der Waals surface area contributed by atoms with Crippen LogP contribution in [0.25, 0.3) is 0 Å². The highest BCUT2D eigenvalue weighted by Gasteiger charge is 2.27. The second-order valence-corrected chi connectivity index (χ2v) is 7.11. The summed E-state index contributed by atoms with van der Waals surface area (Å²) < 4.78 is 1.20. The fraction of sp³-hybridized carbons (Fsp3) is 0.647. The number of anilines is 1. The molecule has 0 bridgehead atoms. The number of rotatable bonds is 4. The van der Waals surface area contributed by atoms with Crippen molar-refractivity contribution in [2.24, 2.45) is 0 Å². The molecule has 21 heavy (non-hydrogen) atoms. The van der Waals surface area contributed by atoms with Crippen LogP contribution < -0.4 is 10.2 Å². The van der Waals surface area contributed by atoms with E-state index >= 15 is 0 Å². The molecule has 0 amide bonds. The largest absolute Gasteiger partial charge is 0.368 e. The van der Waals surface area contributed by atoms with Crippen LogP contribution in [0.3, 0.4) is 0 Å². The van der Waals surface area contributed by atoms with Crippen LogP contribution in [0.15, 0.2) is 22.7 Å². The monoisotopic (exact) mass is 353 g/mol. The second-order valence-electron chi connectivity index (χ2n) is 6.26. The topological polar surface area (TPSA) is 18.5 Å². The van der Waals surface area contributed by atoms with Crippen molar-refractivity contribution in [3.8, 4) is 0 Å². The third-order valence-corrected chi connectivity index (χ3v) is 5.32. The average Bonchev–Trinajstić information content (AvgIpc) is 2.44. The van der Waals surface area contributed by atoms with Crippen molar-refractivity contribution < 1.29 is 0 Å². The number of piperazine rings is 1. The van der Waals surface area contributed by atoms with Crippen LogP contribution in [-0.4, -0.2) is 43.7 Å². The molecule has 1 heterocycles. The van der Waals surface area contributed by atoms with Gasteiger partial charge in [-0.1, -0.05) is 13.0 Å². The Labute approximate surface area is 137 Å². The zero-order chi connectivity index (χ0) is 15.6. The van der Waals surface area contributed by atoms with E-state index in [1.54, 1.807) is 0 Å². The van der Waals surface area contributed by atoms with Gasteiger partial charge in [0.15, 0.2) is 0 Å². The molecule has 1 aromatic rings. The molecular formula is C17H28BrN3. The number of hydrogen-bond acceptors (Lipinski definition) is 3. The summed E-state index contributed by atoms with van der Waals surface area (Å²) in [6.07, 6.45) is 0. The molecule has 0 aliphatic carbocycles. The van der Waals surface area contributed by atoms with Crippen molar-refractivity contribution >= 4 is 21.6 Å². The lowest BCUT2D eigenvalue weighted by atomic mass is 10.1. The van der Waals surface area contributed by atoms with Crippen molar-refractivity contribution in [2.45, 2.75) is 45.8 Å².